The minimum atomic E-state index is 0.0675. The first-order valence-corrected chi connectivity index (χ1v) is 10.2. The number of pyridine rings is 1. The molecule has 3 nitrogen and oxygen atoms in total. The van der Waals surface area contributed by atoms with Crippen molar-refractivity contribution in [2.24, 2.45) is 5.73 Å². The van der Waals surface area contributed by atoms with Crippen molar-refractivity contribution in [1.82, 2.24) is 4.98 Å². The van der Waals surface area contributed by atoms with E-state index in [0.717, 1.165) is 44.2 Å². The molecule has 0 aliphatic rings. The van der Waals surface area contributed by atoms with E-state index in [0.29, 0.717) is 0 Å². The summed E-state index contributed by atoms with van der Waals surface area (Å²) in [6, 6.07) is 12.7. The second-order valence-electron chi connectivity index (χ2n) is 6.25. The van der Waals surface area contributed by atoms with Gasteiger partial charge in [-0.1, -0.05) is 31.2 Å². The van der Waals surface area contributed by atoms with Crippen molar-refractivity contribution in [2.75, 3.05) is 7.11 Å². The molecule has 0 amide bonds. The van der Waals surface area contributed by atoms with Gasteiger partial charge in [0.2, 0.25) is 0 Å². The summed E-state index contributed by atoms with van der Waals surface area (Å²) in [7, 11) is 1.71. The topological polar surface area (TPSA) is 48.1 Å². The lowest BCUT2D eigenvalue weighted by Crippen LogP contribution is -2.08. The first-order chi connectivity index (χ1) is 12.6. The van der Waals surface area contributed by atoms with Crippen LogP contribution in [0.4, 0.5) is 0 Å². The molecule has 0 aliphatic carbocycles. The van der Waals surface area contributed by atoms with Crippen molar-refractivity contribution in [3.8, 4) is 16.9 Å². The van der Waals surface area contributed by atoms with Gasteiger partial charge in [-0.3, -0.25) is 4.98 Å². The van der Waals surface area contributed by atoms with Crippen LogP contribution in [0.2, 0.25) is 0 Å². The highest BCUT2D eigenvalue weighted by Gasteiger charge is 2.18. The Morgan fingerprint density at radius 2 is 2.00 bits per heavy atom. The van der Waals surface area contributed by atoms with Crippen molar-refractivity contribution in [1.29, 1.82) is 0 Å². The van der Waals surface area contributed by atoms with Gasteiger partial charge in [0.15, 0.2) is 0 Å². The predicted octanol–water partition coefficient (Wildman–Crippen LogP) is 6.30. The number of hydrogen-bond donors (Lipinski definition) is 1. The fourth-order valence-corrected chi connectivity index (χ4v) is 4.61. The van der Waals surface area contributed by atoms with Gasteiger partial charge in [0.25, 0.3) is 0 Å². The van der Waals surface area contributed by atoms with Gasteiger partial charge in [0.05, 0.1) is 17.3 Å². The van der Waals surface area contributed by atoms with Crippen LogP contribution in [0.5, 0.6) is 5.75 Å². The van der Waals surface area contributed by atoms with Crippen molar-refractivity contribution >= 4 is 48.3 Å². The Morgan fingerprint density at radius 3 is 2.69 bits per heavy atom. The normalized spacial score (nSPS) is 12.6. The minimum absolute atomic E-state index is 0.0675. The van der Waals surface area contributed by atoms with Gasteiger partial charge >= 0.3 is 0 Å². The molecular formula is C21H19BrN2OS. The third kappa shape index (κ3) is 2.80. The molecule has 0 saturated heterocycles. The van der Waals surface area contributed by atoms with Gasteiger partial charge in [-0.2, -0.15) is 0 Å². The zero-order valence-electron chi connectivity index (χ0n) is 14.6. The Kier molecular flexibility index (Phi) is 4.69. The highest BCUT2D eigenvalue weighted by molar-refractivity contribution is 9.10. The van der Waals surface area contributed by atoms with Crippen molar-refractivity contribution in [2.45, 2.75) is 19.4 Å². The van der Waals surface area contributed by atoms with Crippen molar-refractivity contribution < 1.29 is 4.74 Å². The Morgan fingerprint density at radius 1 is 1.23 bits per heavy atom. The molecule has 0 spiro atoms. The van der Waals surface area contributed by atoms with E-state index in [1.54, 1.807) is 18.4 Å². The molecule has 0 aliphatic heterocycles. The number of methoxy groups -OCH3 is 1. The number of benzene rings is 2. The number of fused-ring (bicyclic) bond motifs is 3. The molecule has 0 radical (unpaired) electrons. The highest BCUT2D eigenvalue weighted by atomic mass is 79.9. The van der Waals surface area contributed by atoms with Gasteiger partial charge in [0.1, 0.15) is 5.75 Å². The van der Waals surface area contributed by atoms with Crippen molar-refractivity contribution in [3.63, 3.8) is 0 Å². The second-order valence-corrected chi connectivity index (χ2v) is 8.05. The summed E-state index contributed by atoms with van der Waals surface area (Å²) in [5.41, 5.74) is 10.4. The zero-order valence-corrected chi connectivity index (χ0v) is 17.0. The lowest BCUT2D eigenvalue weighted by atomic mass is 9.95. The fourth-order valence-electron chi connectivity index (χ4n) is 3.34. The Balaban J connectivity index is 2.04. The largest absolute Gasteiger partial charge is 0.496 e. The molecule has 4 aromatic rings. The lowest BCUT2D eigenvalue weighted by molar-refractivity contribution is 0.417. The average molecular weight is 427 g/mol. The van der Waals surface area contributed by atoms with E-state index < -0.39 is 0 Å². The smallest absolute Gasteiger partial charge is 0.128 e. The zero-order chi connectivity index (χ0) is 18.3. The number of hydrogen-bond acceptors (Lipinski definition) is 4. The fraction of sp³-hybridized carbons (Fsp3) is 0.190. The number of thiophene rings is 1. The molecule has 0 unspecified atom stereocenters. The van der Waals surface area contributed by atoms with Crippen molar-refractivity contribution in [3.05, 3.63) is 58.0 Å². The van der Waals surface area contributed by atoms with Crippen LogP contribution < -0.4 is 10.5 Å². The van der Waals surface area contributed by atoms with E-state index in [1.807, 2.05) is 12.3 Å². The molecule has 2 aromatic carbocycles. The molecule has 26 heavy (non-hydrogen) atoms. The number of nitrogens with zero attached hydrogens (tertiary/aromatic N) is 1. The average Bonchev–Trinajstić information content (AvgIpc) is 3.16. The van der Waals surface area contributed by atoms with E-state index in [2.05, 4.69) is 63.5 Å². The van der Waals surface area contributed by atoms with E-state index in [-0.39, 0.29) is 6.04 Å². The van der Waals surface area contributed by atoms with E-state index >= 15 is 0 Å². The quantitative estimate of drug-likeness (QED) is 0.416. The van der Waals surface area contributed by atoms with E-state index in [1.165, 1.54) is 10.1 Å². The molecular weight excluding hydrogens is 408 g/mol. The first-order valence-electron chi connectivity index (χ1n) is 8.52. The lowest BCUT2D eigenvalue weighted by Gasteiger charge is -2.16. The van der Waals surface area contributed by atoms with Crippen LogP contribution in [-0.4, -0.2) is 12.1 Å². The highest BCUT2D eigenvalue weighted by Crippen LogP contribution is 2.44. The molecule has 132 valence electrons. The molecule has 2 N–H and O–H groups in total. The maximum absolute atomic E-state index is 6.17. The summed E-state index contributed by atoms with van der Waals surface area (Å²) >= 11 is 5.35. The van der Waals surface area contributed by atoms with Crippen LogP contribution in [-0.2, 0) is 0 Å². The summed E-state index contributed by atoms with van der Waals surface area (Å²) in [4.78, 5) is 4.69. The van der Waals surface area contributed by atoms with Crippen LogP contribution in [0.3, 0.4) is 0 Å². The van der Waals surface area contributed by atoms with Gasteiger partial charge in [-0.05, 0) is 51.0 Å². The predicted molar refractivity (Wildman–Crippen MR) is 114 cm³/mol. The Bertz CT molecular complexity index is 1090. The Hall–Kier alpha value is -1.95. The monoisotopic (exact) mass is 426 g/mol. The molecule has 0 fully saturated rings. The molecule has 0 saturated carbocycles. The summed E-state index contributed by atoms with van der Waals surface area (Å²) in [6.45, 7) is 2.10. The van der Waals surface area contributed by atoms with Gasteiger partial charge < -0.3 is 10.5 Å². The summed E-state index contributed by atoms with van der Waals surface area (Å²) in [6.07, 6.45) is 2.86. The van der Waals surface area contributed by atoms with E-state index in [9.17, 15) is 0 Å². The maximum Gasteiger partial charge on any atom is 0.128 e. The van der Waals surface area contributed by atoms with Crippen LogP contribution in [0.1, 0.15) is 24.9 Å². The summed E-state index contributed by atoms with van der Waals surface area (Å²) in [5, 5.41) is 4.42. The number of nitrogens with two attached hydrogens (primary N) is 1. The van der Waals surface area contributed by atoms with Crippen LogP contribution in [0.25, 0.3) is 32.1 Å². The van der Waals surface area contributed by atoms with Gasteiger partial charge in [0, 0.05) is 33.0 Å². The molecule has 5 heteroatoms. The second kappa shape index (κ2) is 6.99. The van der Waals surface area contributed by atoms with E-state index in [4.69, 9.17) is 10.5 Å². The van der Waals surface area contributed by atoms with Crippen LogP contribution >= 0.6 is 27.3 Å². The molecule has 2 aromatic heterocycles. The molecule has 4 rings (SSSR count). The van der Waals surface area contributed by atoms with Gasteiger partial charge in [-0.25, -0.2) is 0 Å². The maximum atomic E-state index is 6.17. The molecule has 1 atom stereocenters. The molecule has 0 bridgehead atoms. The third-order valence-corrected chi connectivity index (χ3v) is 6.24. The first kappa shape index (κ1) is 17.5. The number of rotatable bonds is 4. The number of aromatic nitrogens is 1. The standard InChI is InChI=1S/C21H19BrN2OS/c1-3-16(23)12-4-6-13(7-5-12)19-17(25-2)10-15(22)21-20(19)14-8-9-26-18(14)11-24-21/h4-11,16H,3,23H2,1-2H3/t16-/m1/s1. The molecule has 2 heterocycles. The Labute approximate surface area is 164 Å². The van der Waals surface area contributed by atoms with Crippen LogP contribution in [0, 0.1) is 0 Å². The minimum Gasteiger partial charge on any atom is -0.496 e. The summed E-state index contributed by atoms with van der Waals surface area (Å²) in [5.74, 6) is 0.831. The summed E-state index contributed by atoms with van der Waals surface area (Å²) < 4.78 is 7.84. The number of halogens is 1. The SMILES string of the molecule is CC[C@@H](N)c1ccc(-c2c(OC)cc(Br)c3ncc4sccc4c23)cc1. The van der Waals surface area contributed by atoms with Crippen LogP contribution in [0.15, 0.2) is 52.4 Å². The number of ether oxygens (including phenoxy) is 1. The van der Waals surface area contributed by atoms with Gasteiger partial charge in [-0.15, -0.1) is 11.3 Å². The third-order valence-electron chi connectivity index (χ3n) is 4.78.